The van der Waals surface area contributed by atoms with Crippen LogP contribution in [0.25, 0.3) is 11.1 Å². The zero-order valence-electron chi connectivity index (χ0n) is 12.8. The van der Waals surface area contributed by atoms with E-state index in [1.807, 2.05) is 26.0 Å². The average molecular weight is 298 g/mol. The van der Waals surface area contributed by atoms with Gasteiger partial charge in [-0.3, -0.25) is 0 Å². The molecule has 0 aromatic heterocycles. The van der Waals surface area contributed by atoms with Gasteiger partial charge in [-0.25, -0.2) is 0 Å². The molecule has 1 aliphatic heterocycles. The maximum Gasteiger partial charge on any atom is 0.131 e. The largest absolute Gasteiger partial charge is 0.508 e. The molecule has 4 nitrogen and oxygen atoms in total. The number of hydrogen-bond acceptors (Lipinski definition) is 4. The normalized spacial score (nSPS) is 17.0. The highest BCUT2D eigenvalue weighted by atomic mass is 16.5. The van der Waals surface area contributed by atoms with Crippen LogP contribution >= 0.6 is 0 Å². The summed E-state index contributed by atoms with van der Waals surface area (Å²) in [4.78, 5) is 0. The van der Waals surface area contributed by atoms with E-state index in [1.165, 1.54) is 0 Å². The standard InChI is InChI=1S/C18H18O4/c1-10-14-6-4-13(20)9-17(14)22-11(2)18(10)15-7-5-12(19)8-16(15)21-3/h4-9,11,19-20H,1-3H3/t11-/m0/s1. The van der Waals surface area contributed by atoms with Crippen LogP contribution in [0.1, 0.15) is 25.0 Å². The van der Waals surface area contributed by atoms with Crippen LogP contribution in [0.4, 0.5) is 0 Å². The molecule has 1 heterocycles. The fourth-order valence-electron chi connectivity index (χ4n) is 2.94. The summed E-state index contributed by atoms with van der Waals surface area (Å²) in [5.74, 6) is 1.62. The third-order valence-electron chi connectivity index (χ3n) is 3.96. The van der Waals surface area contributed by atoms with Crippen molar-refractivity contribution >= 4 is 11.1 Å². The molecule has 4 heteroatoms. The quantitative estimate of drug-likeness (QED) is 0.885. The molecular weight excluding hydrogens is 280 g/mol. The van der Waals surface area contributed by atoms with Crippen molar-refractivity contribution in [1.29, 1.82) is 0 Å². The van der Waals surface area contributed by atoms with Crippen molar-refractivity contribution < 1.29 is 19.7 Å². The highest BCUT2D eigenvalue weighted by Crippen LogP contribution is 2.44. The van der Waals surface area contributed by atoms with Gasteiger partial charge in [-0.15, -0.1) is 0 Å². The molecule has 0 amide bonds. The Morgan fingerprint density at radius 2 is 1.64 bits per heavy atom. The third-order valence-corrected chi connectivity index (χ3v) is 3.96. The molecule has 2 aromatic carbocycles. The molecule has 0 spiro atoms. The number of hydrogen-bond donors (Lipinski definition) is 2. The second kappa shape index (κ2) is 5.30. The van der Waals surface area contributed by atoms with Gasteiger partial charge in [-0.1, -0.05) is 0 Å². The summed E-state index contributed by atoms with van der Waals surface area (Å²) in [6.07, 6.45) is -0.187. The van der Waals surface area contributed by atoms with Gasteiger partial charge in [0.05, 0.1) is 7.11 Å². The zero-order valence-corrected chi connectivity index (χ0v) is 12.8. The van der Waals surface area contributed by atoms with Gasteiger partial charge >= 0.3 is 0 Å². The Kier molecular flexibility index (Phi) is 3.45. The number of ether oxygens (including phenoxy) is 2. The lowest BCUT2D eigenvalue weighted by molar-refractivity contribution is 0.272. The van der Waals surface area contributed by atoms with E-state index in [4.69, 9.17) is 9.47 Å². The molecule has 0 aliphatic carbocycles. The molecule has 0 fully saturated rings. The van der Waals surface area contributed by atoms with Crippen molar-refractivity contribution in [2.24, 2.45) is 0 Å². The summed E-state index contributed by atoms with van der Waals surface area (Å²) in [5.41, 5.74) is 3.91. The summed E-state index contributed by atoms with van der Waals surface area (Å²) in [6.45, 7) is 3.98. The molecule has 0 bridgehead atoms. The molecule has 114 valence electrons. The second-order valence-electron chi connectivity index (χ2n) is 5.36. The van der Waals surface area contributed by atoms with E-state index >= 15 is 0 Å². The Balaban J connectivity index is 2.21. The lowest BCUT2D eigenvalue weighted by atomic mass is 9.89. The number of phenols is 2. The van der Waals surface area contributed by atoms with E-state index in [-0.39, 0.29) is 17.6 Å². The molecular formula is C18H18O4. The first-order chi connectivity index (χ1) is 10.5. The number of allylic oxidation sites excluding steroid dienone is 1. The van der Waals surface area contributed by atoms with Gasteiger partial charge in [-0.05, 0) is 43.7 Å². The van der Waals surface area contributed by atoms with Crippen LogP contribution in [0, 0.1) is 0 Å². The van der Waals surface area contributed by atoms with Gasteiger partial charge in [0.1, 0.15) is 29.1 Å². The van der Waals surface area contributed by atoms with Gasteiger partial charge in [0.15, 0.2) is 0 Å². The Hall–Kier alpha value is -2.62. The SMILES string of the molecule is COc1cc(O)ccc1C1=C(C)c2ccc(O)cc2O[C@H]1C. The summed E-state index contributed by atoms with van der Waals surface area (Å²) >= 11 is 0. The molecule has 1 aliphatic rings. The van der Waals surface area contributed by atoms with Crippen LogP contribution in [0.2, 0.25) is 0 Å². The van der Waals surface area contributed by atoms with Crippen LogP contribution in [-0.4, -0.2) is 23.4 Å². The minimum absolute atomic E-state index is 0.161. The third kappa shape index (κ3) is 2.26. The van der Waals surface area contributed by atoms with Crippen molar-refractivity contribution in [3.63, 3.8) is 0 Å². The average Bonchev–Trinajstić information content (AvgIpc) is 2.48. The molecule has 3 rings (SSSR count). The predicted molar refractivity (Wildman–Crippen MR) is 85.3 cm³/mol. The smallest absolute Gasteiger partial charge is 0.131 e. The van der Waals surface area contributed by atoms with Gasteiger partial charge in [0.25, 0.3) is 0 Å². The van der Waals surface area contributed by atoms with E-state index < -0.39 is 0 Å². The first-order valence-electron chi connectivity index (χ1n) is 7.09. The lowest BCUT2D eigenvalue weighted by Crippen LogP contribution is -2.20. The summed E-state index contributed by atoms with van der Waals surface area (Å²) in [7, 11) is 1.58. The Bertz CT molecular complexity index is 762. The second-order valence-corrected chi connectivity index (χ2v) is 5.36. The van der Waals surface area contributed by atoms with Crippen molar-refractivity contribution in [3.8, 4) is 23.0 Å². The van der Waals surface area contributed by atoms with Crippen molar-refractivity contribution in [1.82, 2.24) is 0 Å². The maximum absolute atomic E-state index is 9.63. The fourth-order valence-corrected chi connectivity index (χ4v) is 2.94. The van der Waals surface area contributed by atoms with E-state index in [0.29, 0.717) is 11.5 Å². The van der Waals surface area contributed by atoms with Crippen LogP contribution in [0.3, 0.4) is 0 Å². The minimum Gasteiger partial charge on any atom is -0.508 e. The zero-order chi connectivity index (χ0) is 15.9. The molecule has 0 radical (unpaired) electrons. The van der Waals surface area contributed by atoms with Crippen molar-refractivity contribution in [3.05, 3.63) is 47.5 Å². The van der Waals surface area contributed by atoms with Crippen LogP contribution < -0.4 is 9.47 Å². The van der Waals surface area contributed by atoms with E-state index in [1.54, 1.807) is 31.4 Å². The molecule has 22 heavy (non-hydrogen) atoms. The number of benzene rings is 2. The van der Waals surface area contributed by atoms with Crippen molar-refractivity contribution in [2.45, 2.75) is 20.0 Å². The van der Waals surface area contributed by atoms with Gasteiger partial charge in [0, 0.05) is 28.8 Å². The van der Waals surface area contributed by atoms with Crippen LogP contribution in [0.5, 0.6) is 23.0 Å². The Morgan fingerprint density at radius 3 is 2.32 bits per heavy atom. The Labute approximate surface area is 129 Å². The monoisotopic (exact) mass is 298 g/mol. The highest BCUT2D eigenvalue weighted by Gasteiger charge is 2.26. The van der Waals surface area contributed by atoms with Crippen molar-refractivity contribution in [2.75, 3.05) is 7.11 Å². The lowest BCUT2D eigenvalue weighted by Gasteiger charge is -2.29. The van der Waals surface area contributed by atoms with Gasteiger partial charge in [0.2, 0.25) is 0 Å². The van der Waals surface area contributed by atoms with E-state index in [0.717, 1.165) is 22.3 Å². The number of fused-ring (bicyclic) bond motifs is 1. The summed E-state index contributed by atoms with van der Waals surface area (Å²) in [5, 5.41) is 19.2. The molecule has 2 N–H and O–H groups in total. The molecule has 0 saturated heterocycles. The number of rotatable bonds is 2. The Morgan fingerprint density at radius 1 is 1.00 bits per heavy atom. The van der Waals surface area contributed by atoms with Gasteiger partial charge < -0.3 is 19.7 Å². The topological polar surface area (TPSA) is 58.9 Å². The van der Waals surface area contributed by atoms with Crippen LogP contribution in [0.15, 0.2) is 36.4 Å². The maximum atomic E-state index is 9.63. The number of phenolic OH excluding ortho intramolecular Hbond substituents is 2. The number of methoxy groups -OCH3 is 1. The molecule has 0 unspecified atom stereocenters. The summed E-state index contributed by atoms with van der Waals surface area (Å²) < 4.78 is 11.3. The fraction of sp³-hybridized carbons (Fsp3) is 0.222. The number of aromatic hydroxyl groups is 2. The molecule has 1 atom stereocenters. The minimum atomic E-state index is -0.187. The van der Waals surface area contributed by atoms with Crippen LogP contribution in [-0.2, 0) is 0 Å². The first kappa shape index (κ1) is 14.3. The molecule has 0 saturated carbocycles. The van der Waals surface area contributed by atoms with E-state index in [2.05, 4.69) is 0 Å². The predicted octanol–water partition coefficient (Wildman–Crippen LogP) is 3.82. The molecule has 2 aromatic rings. The highest BCUT2D eigenvalue weighted by molar-refractivity contribution is 5.96. The van der Waals surface area contributed by atoms with Gasteiger partial charge in [-0.2, -0.15) is 0 Å². The van der Waals surface area contributed by atoms with E-state index in [9.17, 15) is 10.2 Å². The summed E-state index contributed by atoms with van der Waals surface area (Å²) in [6, 6.07) is 10.2. The first-order valence-corrected chi connectivity index (χ1v) is 7.09.